The van der Waals surface area contributed by atoms with Crippen molar-refractivity contribution in [3.63, 3.8) is 0 Å². The topological polar surface area (TPSA) is 127 Å². The third-order valence-corrected chi connectivity index (χ3v) is 3.52. The summed E-state index contributed by atoms with van der Waals surface area (Å²) in [6, 6.07) is 6.13. The van der Waals surface area contributed by atoms with Crippen LogP contribution in [0.15, 0.2) is 24.3 Å². The van der Waals surface area contributed by atoms with Crippen molar-refractivity contribution in [1.82, 2.24) is 0 Å². The van der Waals surface area contributed by atoms with Crippen LogP contribution in [-0.2, 0) is 25.4 Å². The molecule has 0 aromatic heterocycles. The molecule has 0 unspecified atom stereocenters. The van der Waals surface area contributed by atoms with Gasteiger partial charge in [0.25, 0.3) is 0 Å². The first-order valence-corrected chi connectivity index (χ1v) is 7.84. The van der Waals surface area contributed by atoms with Gasteiger partial charge in [0.15, 0.2) is 0 Å². The van der Waals surface area contributed by atoms with E-state index in [4.69, 9.17) is 10.2 Å². The second-order valence-electron chi connectivity index (χ2n) is 5.42. The lowest BCUT2D eigenvalue weighted by molar-refractivity contribution is -0.148. The van der Waals surface area contributed by atoms with Crippen molar-refractivity contribution >= 4 is 27.6 Å². The first kappa shape index (κ1) is 17.1. The molecule has 8 heteroatoms. The SMILES string of the molecule is CC(C)(CC(=O)Nc1ccc(CS(N)(=O)=O)cc1)C(=O)O. The summed E-state index contributed by atoms with van der Waals surface area (Å²) < 4.78 is 21.9. The molecule has 0 heterocycles. The van der Waals surface area contributed by atoms with Crippen LogP contribution in [-0.4, -0.2) is 25.4 Å². The molecule has 0 bridgehead atoms. The van der Waals surface area contributed by atoms with E-state index in [2.05, 4.69) is 5.32 Å². The quantitative estimate of drug-likeness (QED) is 0.719. The van der Waals surface area contributed by atoms with Gasteiger partial charge in [0, 0.05) is 12.1 Å². The van der Waals surface area contributed by atoms with Gasteiger partial charge in [-0.15, -0.1) is 0 Å². The smallest absolute Gasteiger partial charge is 0.309 e. The molecule has 1 aromatic rings. The zero-order valence-corrected chi connectivity index (χ0v) is 12.6. The summed E-state index contributed by atoms with van der Waals surface area (Å²) in [5.74, 6) is -1.77. The number of carboxylic acid groups (broad SMARTS) is 1. The molecule has 116 valence electrons. The Labute approximate surface area is 123 Å². The second kappa shape index (κ2) is 6.23. The Morgan fingerprint density at radius 1 is 1.24 bits per heavy atom. The average molecular weight is 314 g/mol. The van der Waals surface area contributed by atoms with Gasteiger partial charge in [-0.05, 0) is 31.5 Å². The number of benzene rings is 1. The number of aliphatic carboxylic acids is 1. The zero-order valence-electron chi connectivity index (χ0n) is 11.8. The van der Waals surface area contributed by atoms with Crippen LogP contribution >= 0.6 is 0 Å². The number of carbonyl (C=O) groups is 2. The molecule has 1 aromatic carbocycles. The molecule has 0 aliphatic rings. The highest BCUT2D eigenvalue weighted by molar-refractivity contribution is 7.88. The number of nitrogens with one attached hydrogen (secondary N) is 1. The lowest BCUT2D eigenvalue weighted by Crippen LogP contribution is -2.29. The van der Waals surface area contributed by atoms with Crippen molar-refractivity contribution in [3.05, 3.63) is 29.8 Å². The van der Waals surface area contributed by atoms with E-state index in [-0.39, 0.29) is 12.2 Å². The molecule has 0 aliphatic carbocycles. The first-order valence-electron chi connectivity index (χ1n) is 6.12. The molecule has 0 aliphatic heterocycles. The number of sulfonamides is 1. The van der Waals surface area contributed by atoms with Gasteiger partial charge >= 0.3 is 5.97 Å². The fourth-order valence-electron chi connectivity index (χ4n) is 1.60. The van der Waals surface area contributed by atoms with Gasteiger partial charge in [0.2, 0.25) is 15.9 Å². The summed E-state index contributed by atoms with van der Waals surface area (Å²) >= 11 is 0. The molecule has 7 nitrogen and oxygen atoms in total. The largest absolute Gasteiger partial charge is 0.481 e. The molecule has 21 heavy (non-hydrogen) atoms. The van der Waals surface area contributed by atoms with Crippen LogP contribution < -0.4 is 10.5 Å². The van der Waals surface area contributed by atoms with Crippen LogP contribution in [0.4, 0.5) is 5.69 Å². The van der Waals surface area contributed by atoms with Gasteiger partial charge < -0.3 is 10.4 Å². The fourth-order valence-corrected chi connectivity index (χ4v) is 2.26. The molecule has 0 atom stereocenters. The molecule has 1 rings (SSSR count). The fraction of sp³-hybridized carbons (Fsp3) is 0.385. The maximum absolute atomic E-state index is 11.8. The number of carbonyl (C=O) groups excluding carboxylic acids is 1. The lowest BCUT2D eigenvalue weighted by Gasteiger charge is -2.18. The molecule has 0 radical (unpaired) electrons. The van der Waals surface area contributed by atoms with Crippen molar-refractivity contribution in [2.24, 2.45) is 10.6 Å². The van der Waals surface area contributed by atoms with Gasteiger partial charge in [-0.25, -0.2) is 13.6 Å². The Morgan fingerprint density at radius 2 is 1.76 bits per heavy atom. The summed E-state index contributed by atoms with van der Waals surface area (Å²) in [6.07, 6.45) is -0.165. The predicted molar refractivity (Wildman–Crippen MR) is 77.9 cm³/mol. The Hall–Kier alpha value is -1.93. The number of anilines is 1. The Morgan fingerprint density at radius 3 is 2.19 bits per heavy atom. The van der Waals surface area contributed by atoms with Gasteiger partial charge in [0.05, 0.1) is 11.2 Å². The van der Waals surface area contributed by atoms with Crippen LogP contribution in [0.1, 0.15) is 25.8 Å². The summed E-state index contributed by atoms with van der Waals surface area (Å²) in [7, 11) is -3.60. The maximum atomic E-state index is 11.8. The minimum atomic E-state index is -3.60. The highest BCUT2D eigenvalue weighted by Crippen LogP contribution is 2.21. The number of carboxylic acids is 1. The van der Waals surface area contributed by atoms with Gasteiger partial charge in [0.1, 0.15) is 0 Å². The summed E-state index contributed by atoms with van der Waals surface area (Å²) in [5, 5.41) is 16.4. The molecule has 1 amide bonds. The summed E-state index contributed by atoms with van der Waals surface area (Å²) in [4.78, 5) is 22.7. The molecule has 0 fully saturated rings. The van der Waals surface area contributed by atoms with Gasteiger partial charge in [-0.3, -0.25) is 9.59 Å². The monoisotopic (exact) mass is 314 g/mol. The number of amides is 1. The van der Waals surface area contributed by atoms with Crippen molar-refractivity contribution in [2.45, 2.75) is 26.0 Å². The van der Waals surface area contributed by atoms with Crippen LogP contribution in [0.2, 0.25) is 0 Å². The number of rotatable bonds is 6. The van der Waals surface area contributed by atoms with Crippen LogP contribution in [0.5, 0.6) is 0 Å². The Bertz CT molecular complexity index is 635. The second-order valence-corrected chi connectivity index (χ2v) is 7.03. The van der Waals surface area contributed by atoms with Crippen LogP contribution in [0.3, 0.4) is 0 Å². The van der Waals surface area contributed by atoms with E-state index in [1.54, 1.807) is 0 Å². The van der Waals surface area contributed by atoms with Crippen molar-refractivity contribution < 1.29 is 23.1 Å². The third-order valence-electron chi connectivity index (χ3n) is 2.79. The molecule has 0 saturated heterocycles. The minimum Gasteiger partial charge on any atom is -0.481 e. The molecule has 4 N–H and O–H groups in total. The van der Waals surface area contributed by atoms with E-state index in [0.717, 1.165) is 0 Å². The number of hydrogen-bond acceptors (Lipinski definition) is 4. The van der Waals surface area contributed by atoms with Gasteiger partial charge in [-0.2, -0.15) is 0 Å². The van der Waals surface area contributed by atoms with E-state index < -0.39 is 27.3 Å². The first-order chi connectivity index (χ1) is 9.49. The summed E-state index contributed by atoms with van der Waals surface area (Å²) in [6.45, 7) is 2.92. The third kappa shape index (κ3) is 5.92. The zero-order chi connectivity index (χ0) is 16.3. The number of hydrogen-bond donors (Lipinski definition) is 3. The normalized spacial score (nSPS) is 12.0. The van der Waals surface area contributed by atoms with E-state index in [9.17, 15) is 18.0 Å². The molecular formula is C13H18N2O5S. The van der Waals surface area contributed by atoms with Crippen molar-refractivity contribution in [3.8, 4) is 0 Å². The maximum Gasteiger partial charge on any atom is 0.309 e. The van der Waals surface area contributed by atoms with E-state index in [0.29, 0.717) is 11.3 Å². The van der Waals surface area contributed by atoms with Gasteiger partial charge in [-0.1, -0.05) is 12.1 Å². The average Bonchev–Trinajstić information content (AvgIpc) is 2.28. The number of primary sulfonamides is 1. The van der Waals surface area contributed by atoms with E-state index >= 15 is 0 Å². The van der Waals surface area contributed by atoms with Crippen molar-refractivity contribution in [1.29, 1.82) is 0 Å². The Kier molecular flexibility index (Phi) is 5.08. The van der Waals surface area contributed by atoms with Crippen LogP contribution in [0.25, 0.3) is 0 Å². The summed E-state index contributed by atoms with van der Waals surface area (Å²) in [5.41, 5.74) is -0.196. The molecule has 0 saturated carbocycles. The van der Waals surface area contributed by atoms with E-state index in [1.807, 2.05) is 0 Å². The minimum absolute atomic E-state index is 0.165. The van der Waals surface area contributed by atoms with Crippen LogP contribution in [0, 0.1) is 5.41 Å². The highest BCUT2D eigenvalue weighted by atomic mass is 32.2. The standard InChI is InChI=1S/C13H18N2O5S/c1-13(2,12(17)18)7-11(16)15-10-5-3-9(4-6-10)8-21(14,19)20/h3-6H,7-8H2,1-2H3,(H,15,16)(H,17,18)(H2,14,19,20). The highest BCUT2D eigenvalue weighted by Gasteiger charge is 2.30. The lowest BCUT2D eigenvalue weighted by atomic mass is 9.89. The van der Waals surface area contributed by atoms with E-state index in [1.165, 1.54) is 38.1 Å². The molecular weight excluding hydrogens is 296 g/mol. The van der Waals surface area contributed by atoms with Crippen molar-refractivity contribution in [2.75, 3.05) is 5.32 Å². The number of nitrogens with two attached hydrogens (primary N) is 1. The molecule has 0 spiro atoms. The predicted octanol–water partition coefficient (Wildman–Crippen LogP) is 0.914. The Balaban J connectivity index is 2.68.